The molecular weight excluding hydrogens is 745 g/mol. The van der Waals surface area contributed by atoms with E-state index < -0.39 is 12.2 Å². The summed E-state index contributed by atoms with van der Waals surface area (Å²) in [5.41, 5.74) is 24.7. The van der Waals surface area contributed by atoms with Crippen molar-refractivity contribution in [1.82, 2.24) is 30.2 Å². The van der Waals surface area contributed by atoms with E-state index in [1.807, 2.05) is 24.3 Å². The molecular formula is C40H62N12O6. The number of carboxylic acid groups (broad SMARTS) is 2. The molecule has 0 aromatic heterocycles. The molecule has 0 radical (unpaired) electrons. The van der Waals surface area contributed by atoms with Gasteiger partial charge in [-0.05, 0) is 48.2 Å². The lowest BCUT2D eigenvalue weighted by Gasteiger charge is -2.40. The molecule has 0 aliphatic carbocycles. The second kappa shape index (κ2) is 23.3. The summed E-state index contributed by atoms with van der Waals surface area (Å²) in [4.78, 5) is 64.1. The molecule has 0 bridgehead atoms. The summed E-state index contributed by atoms with van der Waals surface area (Å²) in [6.07, 6.45) is 10.00. The zero-order valence-corrected chi connectivity index (χ0v) is 33.4. The Morgan fingerprint density at radius 3 is 1.17 bits per heavy atom. The van der Waals surface area contributed by atoms with Gasteiger partial charge in [0.15, 0.2) is 11.9 Å². The molecule has 18 heteroatoms. The Bertz CT molecular complexity index is 1560. The van der Waals surface area contributed by atoms with Gasteiger partial charge < -0.3 is 63.4 Å². The van der Waals surface area contributed by atoms with Crippen molar-refractivity contribution < 1.29 is 29.4 Å². The van der Waals surface area contributed by atoms with Crippen LogP contribution in [0.25, 0.3) is 0 Å². The smallest absolute Gasteiger partial charge is 0.407 e. The number of aliphatic imine (C=N–C) groups is 2. The summed E-state index contributed by atoms with van der Waals surface area (Å²) in [7, 11) is 0. The molecule has 2 atom stereocenters. The van der Waals surface area contributed by atoms with Crippen LogP contribution in [0.2, 0.25) is 0 Å². The molecule has 2 unspecified atom stereocenters. The lowest BCUT2D eigenvalue weighted by Crippen LogP contribution is -2.57. The molecule has 58 heavy (non-hydrogen) atoms. The fraction of sp³-hybridized carbons (Fsp3) is 0.550. The molecule has 2 heterocycles. The van der Waals surface area contributed by atoms with Crippen molar-refractivity contribution in [2.45, 2.75) is 102 Å². The Kier molecular flexibility index (Phi) is 18.0. The van der Waals surface area contributed by atoms with E-state index in [0.29, 0.717) is 63.5 Å². The van der Waals surface area contributed by atoms with Crippen LogP contribution in [0.1, 0.15) is 88.2 Å². The van der Waals surface area contributed by atoms with Gasteiger partial charge in [0.2, 0.25) is 0 Å². The topological polar surface area (TPSA) is 275 Å². The molecule has 0 spiro atoms. The molecule has 2 fully saturated rings. The lowest BCUT2D eigenvalue weighted by atomic mass is 10.0. The van der Waals surface area contributed by atoms with Crippen LogP contribution < -0.4 is 33.6 Å². The lowest BCUT2D eigenvalue weighted by molar-refractivity contribution is 0.0733. The second-order valence-electron chi connectivity index (χ2n) is 15.0. The number of benzene rings is 2. The number of carbonyl (C=O) groups is 4. The highest BCUT2D eigenvalue weighted by molar-refractivity contribution is 5.79. The van der Waals surface area contributed by atoms with Crippen LogP contribution >= 0.6 is 0 Å². The molecule has 2 aromatic carbocycles. The maximum Gasteiger partial charge on any atom is 0.407 e. The molecule has 4 rings (SSSR count). The first-order chi connectivity index (χ1) is 27.9. The minimum absolute atomic E-state index is 0.0251. The number of guanidine groups is 2. The maximum absolute atomic E-state index is 12.9. The molecule has 2 aromatic rings. The van der Waals surface area contributed by atoms with Crippen LogP contribution in [-0.4, -0.2) is 117 Å². The summed E-state index contributed by atoms with van der Waals surface area (Å²) in [5.74, 6) is -0.0502. The Hall–Kier alpha value is -5.94. The number of hydrogen-bond donors (Lipinski definition) is 8. The Morgan fingerprint density at radius 1 is 0.534 bits per heavy atom. The van der Waals surface area contributed by atoms with Crippen molar-refractivity contribution in [3.05, 3.63) is 59.7 Å². The van der Waals surface area contributed by atoms with Crippen LogP contribution in [0.5, 0.6) is 0 Å². The first-order valence-corrected chi connectivity index (χ1v) is 20.3. The van der Waals surface area contributed by atoms with Gasteiger partial charge in [0.25, 0.3) is 0 Å². The number of nitrogens with zero attached hydrogens (tertiary/aromatic N) is 6. The van der Waals surface area contributed by atoms with Gasteiger partial charge in [-0.2, -0.15) is 0 Å². The van der Waals surface area contributed by atoms with E-state index in [1.54, 1.807) is 34.1 Å². The number of nitrogens with two attached hydrogens (primary N) is 4. The van der Waals surface area contributed by atoms with E-state index in [-0.39, 0.29) is 49.2 Å². The van der Waals surface area contributed by atoms with Crippen molar-refractivity contribution in [2.24, 2.45) is 32.9 Å². The maximum atomic E-state index is 12.9. The van der Waals surface area contributed by atoms with Crippen molar-refractivity contribution in [2.75, 3.05) is 39.3 Å². The summed E-state index contributed by atoms with van der Waals surface area (Å²) in [5, 5.41) is 25.4. The average molecular weight is 807 g/mol. The first kappa shape index (κ1) is 44.8. The van der Waals surface area contributed by atoms with Crippen molar-refractivity contribution >= 4 is 47.5 Å². The molecule has 2 saturated heterocycles. The largest absolute Gasteiger partial charge is 0.465 e. The Balaban J connectivity index is 1.05. The summed E-state index contributed by atoms with van der Waals surface area (Å²) in [6.45, 7) is 2.66. The van der Waals surface area contributed by atoms with Crippen molar-refractivity contribution in [1.29, 1.82) is 0 Å². The SMILES string of the molecule is NC(N)=Nc1ccc(CNC(=O)N2CCN(C(=O)O)C(CCCCCCCCCCCCC3CN(C(=O)NCc4ccc(N=C(N)N)cc4)CCN3C(=O)O)C2)cc1. The number of rotatable bonds is 19. The zero-order valence-electron chi connectivity index (χ0n) is 33.4. The molecule has 18 nitrogen and oxygen atoms in total. The van der Waals surface area contributed by atoms with Gasteiger partial charge in [0, 0.05) is 52.4 Å². The van der Waals surface area contributed by atoms with Crippen LogP contribution in [-0.2, 0) is 13.1 Å². The van der Waals surface area contributed by atoms with Crippen molar-refractivity contribution in [3.8, 4) is 0 Å². The van der Waals surface area contributed by atoms with Crippen LogP contribution in [0.15, 0.2) is 58.5 Å². The zero-order chi connectivity index (χ0) is 41.9. The minimum atomic E-state index is -0.949. The van der Waals surface area contributed by atoms with Gasteiger partial charge in [-0.15, -0.1) is 0 Å². The number of hydrogen-bond acceptors (Lipinski definition) is 6. The Morgan fingerprint density at radius 2 is 0.862 bits per heavy atom. The Labute approximate surface area is 340 Å². The molecule has 318 valence electrons. The van der Waals surface area contributed by atoms with Crippen LogP contribution in [0, 0.1) is 0 Å². The summed E-state index contributed by atoms with van der Waals surface area (Å²) < 4.78 is 0. The number of piperazine rings is 2. The fourth-order valence-corrected chi connectivity index (χ4v) is 7.51. The summed E-state index contributed by atoms with van der Waals surface area (Å²) >= 11 is 0. The van der Waals surface area contributed by atoms with Crippen molar-refractivity contribution in [3.63, 3.8) is 0 Å². The molecule has 2 aliphatic rings. The highest BCUT2D eigenvalue weighted by atomic mass is 16.4. The third-order valence-corrected chi connectivity index (χ3v) is 10.6. The van der Waals surface area contributed by atoms with E-state index in [4.69, 9.17) is 22.9 Å². The number of nitrogens with one attached hydrogen (secondary N) is 2. The average Bonchev–Trinajstić information content (AvgIpc) is 3.19. The monoisotopic (exact) mass is 806 g/mol. The molecule has 12 N–H and O–H groups in total. The quantitative estimate of drug-likeness (QED) is 0.0554. The van der Waals surface area contributed by atoms with Gasteiger partial charge in [-0.3, -0.25) is 0 Å². The summed E-state index contributed by atoms with van der Waals surface area (Å²) in [6, 6.07) is 13.5. The highest BCUT2D eigenvalue weighted by Crippen LogP contribution is 2.21. The third-order valence-electron chi connectivity index (χ3n) is 10.6. The third kappa shape index (κ3) is 15.2. The standard InChI is InChI=1S/C40H62N12O6/c41-35(42)47-31-17-13-29(14-18-31)25-45-37(53)49-21-23-51(39(55)56)33(27-49)11-9-7-5-3-1-2-4-6-8-10-12-34-28-50(22-24-52(34)40(57)58)38(54)46-26-30-15-19-32(20-16-30)48-36(43)44/h13-20,33-34H,1-12,21-28H2,(H,45,53)(H,46,54)(H,55,56)(H,57,58)(H4,41,42,47)(H4,43,44,48). The van der Waals surface area contributed by atoms with Gasteiger partial charge >= 0.3 is 24.2 Å². The predicted octanol–water partition coefficient (Wildman–Crippen LogP) is 4.63. The van der Waals surface area contributed by atoms with E-state index in [0.717, 1.165) is 75.3 Å². The minimum Gasteiger partial charge on any atom is -0.465 e. The molecule has 6 amide bonds. The van der Waals surface area contributed by atoms with E-state index in [2.05, 4.69) is 20.6 Å². The normalized spacial score (nSPS) is 16.7. The van der Waals surface area contributed by atoms with Crippen LogP contribution in [0.4, 0.5) is 30.6 Å². The fourth-order valence-electron chi connectivity index (χ4n) is 7.51. The van der Waals surface area contributed by atoms with Gasteiger partial charge in [0.1, 0.15) is 0 Å². The first-order valence-electron chi connectivity index (χ1n) is 20.3. The van der Waals surface area contributed by atoms with E-state index in [9.17, 15) is 29.4 Å². The van der Waals surface area contributed by atoms with Gasteiger partial charge in [-0.1, -0.05) is 88.5 Å². The number of carbonyl (C=O) groups excluding carboxylic acids is 2. The van der Waals surface area contributed by atoms with Gasteiger partial charge in [0.05, 0.1) is 23.5 Å². The second-order valence-corrected chi connectivity index (χ2v) is 15.0. The van der Waals surface area contributed by atoms with E-state index >= 15 is 0 Å². The number of urea groups is 2. The molecule has 2 aliphatic heterocycles. The number of unbranched alkanes of at least 4 members (excludes halogenated alkanes) is 9. The molecule has 0 saturated carbocycles. The predicted molar refractivity (Wildman–Crippen MR) is 224 cm³/mol. The highest BCUT2D eigenvalue weighted by Gasteiger charge is 2.33. The van der Waals surface area contributed by atoms with Crippen LogP contribution in [0.3, 0.4) is 0 Å². The van der Waals surface area contributed by atoms with E-state index in [1.165, 1.54) is 9.80 Å². The number of amides is 6. The van der Waals surface area contributed by atoms with Gasteiger partial charge in [-0.25, -0.2) is 29.2 Å².